The van der Waals surface area contributed by atoms with Crippen LogP contribution >= 0.6 is 0 Å². The minimum absolute atomic E-state index is 0.0863. The number of hydrogen-bond acceptors (Lipinski definition) is 6. The summed E-state index contributed by atoms with van der Waals surface area (Å²) in [5, 5.41) is 4.86. The van der Waals surface area contributed by atoms with E-state index >= 15 is 0 Å². The van der Waals surface area contributed by atoms with Crippen LogP contribution in [0.25, 0.3) is 16.9 Å². The van der Waals surface area contributed by atoms with E-state index in [0.717, 1.165) is 28.4 Å². The monoisotopic (exact) mass is 499 g/mol. The molecule has 0 spiro atoms. The zero-order valence-electron chi connectivity index (χ0n) is 22.1. The maximum atomic E-state index is 13.7. The lowest BCUT2D eigenvalue weighted by atomic mass is 9.93. The first-order valence-electron chi connectivity index (χ1n) is 12.5. The van der Waals surface area contributed by atoms with E-state index in [0.29, 0.717) is 43.3 Å². The van der Waals surface area contributed by atoms with Crippen LogP contribution in [0.3, 0.4) is 0 Å². The molecule has 8 nitrogen and oxygen atoms in total. The van der Waals surface area contributed by atoms with Crippen LogP contribution in [0, 0.1) is 0 Å². The van der Waals surface area contributed by atoms with E-state index in [-0.39, 0.29) is 11.3 Å². The fraction of sp³-hybridized carbons (Fsp3) is 0.345. The molecule has 3 heterocycles. The molecule has 1 aliphatic heterocycles. The fourth-order valence-electron chi connectivity index (χ4n) is 4.70. The predicted octanol–water partition coefficient (Wildman–Crippen LogP) is 4.67. The van der Waals surface area contributed by atoms with E-state index < -0.39 is 0 Å². The number of benzene rings is 2. The second kappa shape index (κ2) is 9.76. The zero-order chi connectivity index (χ0) is 26.2. The van der Waals surface area contributed by atoms with Gasteiger partial charge in [-0.25, -0.2) is 9.50 Å². The highest BCUT2D eigenvalue weighted by Gasteiger charge is 2.27. The van der Waals surface area contributed by atoms with Gasteiger partial charge in [0.25, 0.3) is 5.91 Å². The molecule has 2 aromatic heterocycles. The molecule has 192 valence electrons. The number of piperazine rings is 1. The molecule has 5 rings (SSSR count). The topological polar surface area (TPSA) is 72.2 Å². The first-order valence-corrected chi connectivity index (χ1v) is 12.5. The normalized spacial score (nSPS) is 14.2. The van der Waals surface area contributed by atoms with Gasteiger partial charge in [-0.05, 0) is 30.3 Å². The van der Waals surface area contributed by atoms with Gasteiger partial charge in [-0.1, -0.05) is 45.0 Å². The summed E-state index contributed by atoms with van der Waals surface area (Å²) in [7, 11) is 3.33. The van der Waals surface area contributed by atoms with Gasteiger partial charge < -0.3 is 19.3 Å². The average molecular weight is 500 g/mol. The van der Waals surface area contributed by atoms with Crippen molar-refractivity contribution in [3.63, 3.8) is 0 Å². The Morgan fingerprint density at radius 2 is 1.51 bits per heavy atom. The summed E-state index contributed by atoms with van der Waals surface area (Å²) >= 11 is 0. The third-order valence-electron chi connectivity index (χ3n) is 6.79. The van der Waals surface area contributed by atoms with Crippen molar-refractivity contribution in [1.82, 2.24) is 19.5 Å². The molecule has 8 heteroatoms. The standard InChI is InChI=1S/C29H33N5O3/c1-29(2,3)26-19-27-30-21(18-23(34(27)31-26)20-10-6-8-12-24(20)36-4)28(35)33-16-14-32(15-17-33)22-11-7-9-13-25(22)37-5/h6-13,18-19H,14-17H2,1-5H3. The third-order valence-corrected chi connectivity index (χ3v) is 6.79. The van der Waals surface area contributed by atoms with Gasteiger partial charge in [-0.3, -0.25) is 4.79 Å². The number of hydrogen-bond donors (Lipinski definition) is 0. The van der Waals surface area contributed by atoms with Crippen molar-refractivity contribution in [2.45, 2.75) is 26.2 Å². The number of fused-ring (bicyclic) bond motifs is 1. The lowest BCUT2D eigenvalue weighted by Gasteiger charge is -2.36. The maximum Gasteiger partial charge on any atom is 0.272 e. The number of ether oxygens (including phenoxy) is 2. The Morgan fingerprint density at radius 1 is 0.865 bits per heavy atom. The Morgan fingerprint density at radius 3 is 2.19 bits per heavy atom. The van der Waals surface area contributed by atoms with Crippen LogP contribution in [0.2, 0.25) is 0 Å². The van der Waals surface area contributed by atoms with E-state index in [1.54, 1.807) is 14.2 Å². The van der Waals surface area contributed by atoms with Crippen LogP contribution in [0.15, 0.2) is 60.7 Å². The van der Waals surface area contributed by atoms with Gasteiger partial charge in [0.15, 0.2) is 5.65 Å². The minimum atomic E-state index is -0.162. The molecule has 0 unspecified atom stereocenters. The third kappa shape index (κ3) is 4.71. The molecular formula is C29H33N5O3. The Hall–Kier alpha value is -4.07. The molecule has 1 saturated heterocycles. The number of aromatic nitrogens is 3. The Kier molecular flexibility index (Phi) is 6.50. The number of amides is 1. The van der Waals surface area contributed by atoms with Crippen molar-refractivity contribution >= 4 is 17.2 Å². The number of rotatable bonds is 5. The van der Waals surface area contributed by atoms with Crippen molar-refractivity contribution < 1.29 is 14.3 Å². The second-order valence-corrected chi connectivity index (χ2v) is 10.2. The van der Waals surface area contributed by atoms with Crippen LogP contribution < -0.4 is 14.4 Å². The number of carbonyl (C=O) groups excluding carboxylic acids is 1. The molecule has 0 radical (unpaired) electrons. The van der Waals surface area contributed by atoms with Gasteiger partial charge >= 0.3 is 0 Å². The van der Waals surface area contributed by atoms with Crippen LogP contribution in [0.1, 0.15) is 37.0 Å². The quantitative estimate of drug-likeness (QED) is 0.397. The van der Waals surface area contributed by atoms with Gasteiger partial charge in [0.05, 0.1) is 31.3 Å². The number of carbonyl (C=O) groups is 1. The van der Waals surface area contributed by atoms with Gasteiger partial charge in [0.1, 0.15) is 17.2 Å². The van der Waals surface area contributed by atoms with Crippen molar-refractivity contribution in [2.24, 2.45) is 0 Å². The zero-order valence-corrected chi connectivity index (χ0v) is 22.1. The average Bonchev–Trinajstić information content (AvgIpc) is 3.37. The first-order chi connectivity index (χ1) is 17.8. The molecule has 1 aliphatic rings. The summed E-state index contributed by atoms with van der Waals surface area (Å²) in [6.45, 7) is 8.98. The smallest absolute Gasteiger partial charge is 0.272 e. The summed E-state index contributed by atoms with van der Waals surface area (Å²) in [5.74, 6) is 1.47. The fourth-order valence-corrected chi connectivity index (χ4v) is 4.70. The lowest BCUT2D eigenvalue weighted by Crippen LogP contribution is -2.49. The van der Waals surface area contributed by atoms with Crippen LogP contribution in [-0.4, -0.2) is 65.8 Å². The van der Waals surface area contributed by atoms with Crippen LogP contribution in [0.4, 0.5) is 5.69 Å². The van der Waals surface area contributed by atoms with Crippen LogP contribution in [-0.2, 0) is 5.41 Å². The molecule has 0 saturated carbocycles. The van der Waals surface area contributed by atoms with E-state index in [1.807, 2.05) is 64.0 Å². The molecular weight excluding hydrogens is 466 g/mol. The highest BCUT2D eigenvalue weighted by atomic mass is 16.5. The predicted molar refractivity (Wildman–Crippen MR) is 145 cm³/mol. The second-order valence-electron chi connectivity index (χ2n) is 10.2. The number of anilines is 1. The lowest BCUT2D eigenvalue weighted by molar-refractivity contribution is 0.0741. The molecule has 0 bridgehead atoms. The van der Waals surface area contributed by atoms with Crippen molar-refractivity contribution in [3.05, 3.63) is 72.1 Å². The van der Waals surface area contributed by atoms with Crippen LogP contribution in [0.5, 0.6) is 11.5 Å². The summed E-state index contributed by atoms with van der Waals surface area (Å²) in [6.07, 6.45) is 0. The summed E-state index contributed by atoms with van der Waals surface area (Å²) in [6, 6.07) is 19.6. The molecule has 4 aromatic rings. The summed E-state index contributed by atoms with van der Waals surface area (Å²) < 4.78 is 13.0. The number of nitrogens with zero attached hydrogens (tertiary/aromatic N) is 5. The van der Waals surface area contributed by atoms with Gasteiger partial charge in [0, 0.05) is 43.2 Å². The molecule has 0 N–H and O–H groups in total. The van der Waals surface area contributed by atoms with Gasteiger partial charge in [-0.15, -0.1) is 0 Å². The molecule has 0 aliphatic carbocycles. The summed E-state index contributed by atoms with van der Waals surface area (Å²) in [4.78, 5) is 22.6. The molecule has 37 heavy (non-hydrogen) atoms. The van der Waals surface area contributed by atoms with E-state index in [2.05, 4.69) is 31.7 Å². The minimum Gasteiger partial charge on any atom is -0.496 e. The molecule has 1 fully saturated rings. The summed E-state index contributed by atoms with van der Waals surface area (Å²) in [5.41, 5.74) is 4.47. The highest BCUT2D eigenvalue weighted by Crippen LogP contribution is 2.33. The molecule has 2 aromatic carbocycles. The Bertz CT molecular complexity index is 1430. The van der Waals surface area contributed by atoms with Crippen molar-refractivity contribution in [2.75, 3.05) is 45.3 Å². The number of methoxy groups -OCH3 is 2. The first kappa shape index (κ1) is 24.6. The maximum absolute atomic E-state index is 13.7. The largest absolute Gasteiger partial charge is 0.496 e. The molecule has 1 amide bonds. The Labute approximate surface area is 217 Å². The molecule has 0 atom stereocenters. The highest BCUT2D eigenvalue weighted by molar-refractivity contribution is 5.94. The van der Waals surface area contributed by atoms with E-state index in [1.165, 1.54) is 0 Å². The van der Waals surface area contributed by atoms with Crippen molar-refractivity contribution in [1.29, 1.82) is 0 Å². The van der Waals surface area contributed by atoms with E-state index in [9.17, 15) is 4.79 Å². The SMILES string of the molecule is COc1ccccc1-c1cc(C(=O)N2CCN(c3ccccc3OC)CC2)nc2cc(C(C)(C)C)nn12. The van der Waals surface area contributed by atoms with Gasteiger partial charge in [0.2, 0.25) is 0 Å². The van der Waals surface area contributed by atoms with Gasteiger partial charge in [-0.2, -0.15) is 5.10 Å². The number of para-hydroxylation sites is 3. The van der Waals surface area contributed by atoms with E-state index in [4.69, 9.17) is 19.6 Å². The Balaban J connectivity index is 1.49. The van der Waals surface area contributed by atoms with Crippen molar-refractivity contribution in [3.8, 4) is 22.8 Å².